The van der Waals surface area contributed by atoms with E-state index < -0.39 is 11.6 Å². The molecule has 0 aromatic heterocycles. The van der Waals surface area contributed by atoms with Gasteiger partial charge in [-0.25, -0.2) is 8.78 Å². The van der Waals surface area contributed by atoms with E-state index in [9.17, 15) is 8.78 Å². The van der Waals surface area contributed by atoms with Crippen LogP contribution < -0.4 is 0 Å². The van der Waals surface area contributed by atoms with Crippen molar-refractivity contribution in [2.45, 2.75) is 6.92 Å². The number of hydrogen-bond acceptors (Lipinski definition) is 1. The van der Waals surface area contributed by atoms with Crippen molar-refractivity contribution in [2.75, 3.05) is 0 Å². The van der Waals surface area contributed by atoms with E-state index in [1.54, 1.807) is 6.07 Å². The van der Waals surface area contributed by atoms with Crippen LogP contribution in [0, 0.1) is 11.6 Å². The maximum absolute atomic E-state index is 12.1. The molecule has 0 aliphatic heterocycles. The van der Waals surface area contributed by atoms with Crippen molar-refractivity contribution in [1.29, 1.82) is 0 Å². The molecule has 0 N–H and O–H groups in total. The van der Waals surface area contributed by atoms with Crippen LogP contribution in [0.4, 0.5) is 8.78 Å². The first-order valence-corrected chi connectivity index (χ1v) is 3.10. The van der Waals surface area contributed by atoms with Gasteiger partial charge in [0.1, 0.15) is 6.29 Å². The maximum atomic E-state index is 12.1. The molecule has 0 saturated carbocycles. The number of benzene rings is 1. The number of hydrogen-bond donors (Lipinski definition) is 0. The summed E-state index contributed by atoms with van der Waals surface area (Å²) in [5.74, 6) is -1.42. The quantitative estimate of drug-likeness (QED) is 0.534. The number of carbonyl (C=O) groups excluding carboxylic acids is 1. The highest BCUT2D eigenvalue weighted by atomic mass is 19.2. The minimum Gasteiger partial charge on any atom is -0.304 e. The van der Waals surface area contributed by atoms with Crippen LogP contribution in [0.3, 0.4) is 0 Å². The van der Waals surface area contributed by atoms with E-state index in [0.717, 1.165) is 6.29 Å². The number of rotatable bonds is 0. The highest BCUT2D eigenvalue weighted by Crippen LogP contribution is 2.38. The van der Waals surface area contributed by atoms with E-state index in [2.05, 4.69) is 0 Å². The zero-order valence-electron chi connectivity index (χ0n) is 5.90. The minimum absolute atomic E-state index is 0.447. The Kier molecular flexibility index (Phi) is 1.98. The molecule has 0 unspecified atom stereocenters. The Morgan fingerprint density at radius 3 is 2.09 bits per heavy atom. The second-order valence-electron chi connectivity index (χ2n) is 2.06. The molecule has 0 amide bonds. The first kappa shape index (κ1) is 7.85. The molecule has 0 fully saturated rings. The summed E-state index contributed by atoms with van der Waals surface area (Å²) in [7, 11) is 0. The van der Waals surface area contributed by atoms with Crippen molar-refractivity contribution in [1.82, 2.24) is 0 Å². The summed E-state index contributed by atoms with van der Waals surface area (Å²) in [6.45, 7) is 1.44. The molecule has 0 saturated heterocycles. The first-order valence-electron chi connectivity index (χ1n) is 3.10. The second-order valence-corrected chi connectivity index (χ2v) is 2.06. The normalized spacial score (nSPS) is 9.73. The van der Waals surface area contributed by atoms with Crippen molar-refractivity contribution in [3.05, 3.63) is 23.8 Å². The van der Waals surface area contributed by atoms with Crippen molar-refractivity contribution in [2.24, 2.45) is 0 Å². The molecule has 0 heterocycles. The van der Waals surface area contributed by atoms with E-state index in [4.69, 9.17) is 4.79 Å². The molecular formula is C8H6F2O. The van der Waals surface area contributed by atoms with Crippen molar-refractivity contribution < 1.29 is 13.6 Å². The molecule has 0 bridgehead atoms. The molecule has 0 atom stereocenters. The summed E-state index contributed by atoms with van der Waals surface area (Å²) in [5.41, 5.74) is 1.16. The Morgan fingerprint density at radius 2 is 1.91 bits per heavy atom. The summed E-state index contributed by atoms with van der Waals surface area (Å²) in [6.07, 6.45) is 0.750. The SMILES string of the molecule is CC=O.Fc1cc2cc-2c1F. The van der Waals surface area contributed by atoms with Crippen LogP contribution in [0.1, 0.15) is 6.92 Å². The predicted molar refractivity (Wildman–Crippen MR) is 37.1 cm³/mol. The number of fused-ring (bicyclic) bond motifs is 1. The van der Waals surface area contributed by atoms with E-state index in [1.807, 2.05) is 0 Å². The fraction of sp³-hybridized carbons (Fsp3) is 0.125. The third-order valence-corrected chi connectivity index (χ3v) is 1.26. The Bertz CT molecular complexity index is 294. The van der Waals surface area contributed by atoms with Crippen LogP contribution in [-0.4, -0.2) is 6.29 Å². The van der Waals surface area contributed by atoms with Gasteiger partial charge in [0.25, 0.3) is 0 Å². The molecule has 58 valence electrons. The van der Waals surface area contributed by atoms with Crippen LogP contribution in [0.5, 0.6) is 0 Å². The van der Waals surface area contributed by atoms with Crippen LogP contribution in [-0.2, 0) is 4.79 Å². The third kappa shape index (κ3) is 1.42. The summed E-state index contributed by atoms with van der Waals surface area (Å²) in [4.78, 5) is 8.81. The van der Waals surface area contributed by atoms with Gasteiger partial charge < -0.3 is 4.79 Å². The molecule has 0 aromatic rings. The Hall–Kier alpha value is -1.25. The van der Waals surface area contributed by atoms with Gasteiger partial charge in [-0.15, -0.1) is 0 Å². The Morgan fingerprint density at radius 1 is 1.36 bits per heavy atom. The molecule has 0 spiro atoms. The molecule has 0 aromatic carbocycles. The highest BCUT2D eigenvalue weighted by molar-refractivity contribution is 5.81. The van der Waals surface area contributed by atoms with Gasteiger partial charge in [0.15, 0.2) is 11.6 Å². The lowest BCUT2D eigenvalue weighted by molar-refractivity contribution is -0.106. The summed E-state index contributed by atoms with van der Waals surface area (Å²) in [6, 6.07) is 2.81. The lowest BCUT2D eigenvalue weighted by Crippen LogP contribution is -1.68. The smallest absolute Gasteiger partial charge is 0.166 e. The van der Waals surface area contributed by atoms with Crippen LogP contribution in [0.25, 0.3) is 11.1 Å². The lowest BCUT2D eigenvalue weighted by atomic mass is 10.5. The standard InChI is InChI=1S/C6H2F2.C2H4O/c7-5-2-3-1-4(3)6(5)8;1-2-3/h1-2H;2H,1H3. The lowest BCUT2D eigenvalue weighted by Gasteiger charge is -1.74. The van der Waals surface area contributed by atoms with Gasteiger partial charge in [-0.2, -0.15) is 0 Å². The molecule has 2 rings (SSSR count). The average Bonchev–Trinajstić information content (AvgIpc) is 2.62. The zero-order valence-corrected chi connectivity index (χ0v) is 5.90. The van der Waals surface area contributed by atoms with Gasteiger partial charge in [-0.3, -0.25) is 0 Å². The summed E-state index contributed by atoms with van der Waals surface area (Å²) < 4.78 is 24.1. The Balaban J connectivity index is 0.000000179. The van der Waals surface area contributed by atoms with Gasteiger partial charge in [0, 0.05) is 5.56 Å². The van der Waals surface area contributed by atoms with E-state index in [-0.39, 0.29) is 0 Å². The summed E-state index contributed by atoms with van der Waals surface area (Å²) >= 11 is 0. The minimum atomic E-state index is -0.725. The molecule has 3 heteroatoms. The van der Waals surface area contributed by atoms with Gasteiger partial charge in [0.05, 0.1) is 0 Å². The van der Waals surface area contributed by atoms with Crippen molar-refractivity contribution in [3.8, 4) is 11.1 Å². The molecule has 2 aliphatic carbocycles. The topological polar surface area (TPSA) is 17.1 Å². The van der Waals surface area contributed by atoms with Crippen LogP contribution >= 0.6 is 0 Å². The second kappa shape index (κ2) is 2.78. The molecule has 1 nitrogen and oxygen atoms in total. The van der Waals surface area contributed by atoms with Gasteiger partial charge in [0.2, 0.25) is 0 Å². The monoisotopic (exact) mass is 156 g/mol. The maximum Gasteiger partial charge on any atom is 0.166 e. The van der Waals surface area contributed by atoms with Gasteiger partial charge in [-0.1, -0.05) is 0 Å². The van der Waals surface area contributed by atoms with Crippen LogP contribution in [0.15, 0.2) is 12.1 Å². The first-order chi connectivity index (χ1) is 5.20. The van der Waals surface area contributed by atoms with E-state index in [1.165, 1.54) is 13.0 Å². The number of carbonyl (C=O) groups is 1. The van der Waals surface area contributed by atoms with Crippen LogP contribution in [0.2, 0.25) is 0 Å². The van der Waals surface area contributed by atoms with Crippen molar-refractivity contribution in [3.63, 3.8) is 0 Å². The van der Waals surface area contributed by atoms with Gasteiger partial charge >= 0.3 is 0 Å². The zero-order chi connectivity index (χ0) is 8.43. The average molecular weight is 156 g/mol. The van der Waals surface area contributed by atoms with E-state index >= 15 is 0 Å². The molecule has 0 radical (unpaired) electrons. The summed E-state index contributed by atoms with van der Waals surface area (Å²) in [5, 5.41) is 0. The fourth-order valence-electron chi connectivity index (χ4n) is 0.757. The molecule has 11 heavy (non-hydrogen) atoms. The highest BCUT2D eigenvalue weighted by Gasteiger charge is 2.22. The van der Waals surface area contributed by atoms with Gasteiger partial charge in [-0.05, 0) is 24.6 Å². The Labute approximate surface area is 62.7 Å². The number of halogens is 2. The van der Waals surface area contributed by atoms with Crippen molar-refractivity contribution >= 4 is 6.29 Å². The molecule has 2 aliphatic rings. The predicted octanol–water partition coefficient (Wildman–Crippen LogP) is 2.15. The fourth-order valence-corrected chi connectivity index (χ4v) is 0.757. The third-order valence-electron chi connectivity index (χ3n) is 1.26. The number of aldehydes is 1. The van der Waals surface area contributed by atoms with E-state index in [0.29, 0.717) is 11.1 Å². The largest absolute Gasteiger partial charge is 0.304 e. The molecular weight excluding hydrogens is 150 g/mol.